The fraction of sp³-hybridized carbons (Fsp3) is 1.00. The second-order valence-electron chi connectivity index (χ2n) is 2.01. The summed E-state index contributed by atoms with van der Waals surface area (Å²) in [5, 5.41) is 0.727. The lowest BCUT2D eigenvalue weighted by molar-refractivity contribution is 0.893. The van der Waals surface area contributed by atoms with Crippen LogP contribution in [0.1, 0.15) is 19.3 Å². The summed E-state index contributed by atoms with van der Waals surface area (Å²) in [7, 11) is 0. The summed E-state index contributed by atoms with van der Waals surface area (Å²) in [6.45, 7) is 0. The van der Waals surface area contributed by atoms with E-state index in [1.54, 1.807) is 0 Å². The predicted octanol–water partition coefficient (Wildman–Crippen LogP) is 2.39. The molecule has 1 saturated carbocycles. The molecule has 2 heteroatoms. The lowest BCUT2D eigenvalue weighted by Crippen LogP contribution is -1.90. The van der Waals surface area contributed by atoms with Gasteiger partial charge in [-0.3, -0.25) is 0 Å². The van der Waals surface area contributed by atoms with Crippen molar-refractivity contribution in [1.29, 1.82) is 0 Å². The highest BCUT2D eigenvalue weighted by Gasteiger charge is 2.19. The van der Waals surface area contributed by atoms with Crippen molar-refractivity contribution in [1.82, 2.24) is 0 Å². The molecule has 0 unspecified atom stereocenters. The number of hydrogen-bond donors (Lipinski definition) is 0. The largest absolute Gasteiger partial charge is 0.123 e. The zero-order valence-corrected chi connectivity index (χ0v) is 5.54. The molecule has 0 aromatic carbocycles. The van der Waals surface area contributed by atoms with Crippen molar-refractivity contribution in [2.45, 2.75) is 30.0 Å². The van der Waals surface area contributed by atoms with Crippen molar-refractivity contribution < 1.29 is 0 Å². The molecule has 0 heterocycles. The fourth-order valence-electron chi connectivity index (χ4n) is 0.875. The highest BCUT2D eigenvalue weighted by atomic mass is 35.5. The first kappa shape index (κ1) is 5.71. The molecular formula is C5H8Cl2. The van der Waals surface area contributed by atoms with Gasteiger partial charge in [-0.25, -0.2) is 0 Å². The molecule has 2 atom stereocenters. The normalized spacial score (nSPS) is 42.0. The van der Waals surface area contributed by atoms with Crippen molar-refractivity contribution in [2.75, 3.05) is 0 Å². The molecule has 0 nitrogen and oxygen atoms in total. The number of alkyl halides is 2. The minimum Gasteiger partial charge on any atom is -0.123 e. The molecule has 1 rings (SSSR count). The molecule has 0 N–H and O–H groups in total. The average molecular weight is 139 g/mol. The van der Waals surface area contributed by atoms with Crippen LogP contribution in [0.3, 0.4) is 0 Å². The maximum Gasteiger partial charge on any atom is 0.0350 e. The Labute approximate surface area is 53.8 Å². The Bertz CT molecular complexity index is 55.1. The summed E-state index contributed by atoms with van der Waals surface area (Å²) in [6.07, 6.45) is 3.22. The molecule has 0 radical (unpaired) electrons. The Morgan fingerprint density at radius 2 is 1.43 bits per heavy atom. The van der Waals surface area contributed by atoms with Gasteiger partial charge in [-0.1, -0.05) is 0 Å². The van der Waals surface area contributed by atoms with E-state index in [2.05, 4.69) is 0 Å². The van der Waals surface area contributed by atoms with Crippen molar-refractivity contribution in [3.63, 3.8) is 0 Å². The highest BCUT2D eigenvalue weighted by molar-refractivity contribution is 6.24. The van der Waals surface area contributed by atoms with E-state index < -0.39 is 0 Å². The summed E-state index contributed by atoms with van der Waals surface area (Å²) in [5.41, 5.74) is 0. The fourth-order valence-corrected chi connectivity index (χ4v) is 1.65. The van der Waals surface area contributed by atoms with Crippen LogP contribution in [0.4, 0.5) is 0 Å². The number of rotatable bonds is 0. The second kappa shape index (κ2) is 2.23. The molecule has 7 heavy (non-hydrogen) atoms. The van der Waals surface area contributed by atoms with Gasteiger partial charge in [-0.15, -0.1) is 23.2 Å². The first-order valence-electron chi connectivity index (χ1n) is 2.57. The topological polar surface area (TPSA) is 0 Å². The zero-order chi connectivity index (χ0) is 5.28. The maximum absolute atomic E-state index is 5.72. The van der Waals surface area contributed by atoms with E-state index in [0.29, 0.717) is 10.8 Å². The third-order valence-electron chi connectivity index (χ3n) is 1.30. The number of halogens is 2. The van der Waals surface area contributed by atoms with Gasteiger partial charge in [0, 0.05) is 10.8 Å². The molecule has 0 spiro atoms. The summed E-state index contributed by atoms with van der Waals surface area (Å²) >= 11 is 11.4. The van der Waals surface area contributed by atoms with Gasteiger partial charge >= 0.3 is 0 Å². The Balaban J connectivity index is 2.26. The van der Waals surface area contributed by atoms with E-state index in [1.165, 1.54) is 0 Å². The van der Waals surface area contributed by atoms with Gasteiger partial charge in [0.25, 0.3) is 0 Å². The van der Waals surface area contributed by atoms with E-state index in [-0.39, 0.29) is 0 Å². The zero-order valence-electron chi connectivity index (χ0n) is 4.03. The molecule has 1 aliphatic carbocycles. The standard InChI is InChI=1S/C5H8Cl2/c6-4-1-2-5(7)3-4/h4-5H,1-3H2/t4-,5-/m0/s1. The maximum atomic E-state index is 5.72. The molecule has 0 saturated heterocycles. The van der Waals surface area contributed by atoms with E-state index in [1.807, 2.05) is 0 Å². The molecule has 0 amide bonds. The van der Waals surface area contributed by atoms with Crippen LogP contribution < -0.4 is 0 Å². The van der Waals surface area contributed by atoms with Gasteiger partial charge in [0.2, 0.25) is 0 Å². The quantitative estimate of drug-likeness (QED) is 0.452. The lowest BCUT2D eigenvalue weighted by atomic mass is 10.4. The molecular weight excluding hydrogens is 131 g/mol. The van der Waals surface area contributed by atoms with Crippen LogP contribution in [0.5, 0.6) is 0 Å². The Kier molecular flexibility index (Phi) is 1.82. The smallest absolute Gasteiger partial charge is 0.0350 e. The molecule has 0 bridgehead atoms. The van der Waals surface area contributed by atoms with Gasteiger partial charge in [0.1, 0.15) is 0 Å². The lowest BCUT2D eigenvalue weighted by Gasteiger charge is -1.92. The second-order valence-corrected chi connectivity index (χ2v) is 3.24. The average Bonchev–Trinajstić information content (AvgIpc) is 1.87. The predicted molar refractivity (Wildman–Crippen MR) is 33.1 cm³/mol. The molecule has 1 aliphatic rings. The van der Waals surface area contributed by atoms with Crippen molar-refractivity contribution >= 4 is 23.2 Å². The Morgan fingerprint density at radius 1 is 1.00 bits per heavy atom. The van der Waals surface area contributed by atoms with E-state index in [0.717, 1.165) is 19.3 Å². The first-order chi connectivity index (χ1) is 3.29. The molecule has 0 aromatic rings. The van der Waals surface area contributed by atoms with Crippen LogP contribution in [-0.4, -0.2) is 10.8 Å². The minimum absolute atomic E-state index is 0.363. The van der Waals surface area contributed by atoms with Crippen molar-refractivity contribution in [3.05, 3.63) is 0 Å². The molecule has 42 valence electrons. The Morgan fingerprint density at radius 3 is 1.57 bits per heavy atom. The van der Waals surface area contributed by atoms with Gasteiger partial charge in [0.15, 0.2) is 0 Å². The van der Waals surface area contributed by atoms with Crippen LogP contribution in [0.2, 0.25) is 0 Å². The molecule has 0 aromatic heterocycles. The SMILES string of the molecule is Cl[C@H]1CC[C@H](Cl)C1. The monoisotopic (exact) mass is 138 g/mol. The van der Waals surface area contributed by atoms with Crippen molar-refractivity contribution in [3.8, 4) is 0 Å². The van der Waals surface area contributed by atoms with Gasteiger partial charge in [-0.05, 0) is 19.3 Å². The number of hydrogen-bond acceptors (Lipinski definition) is 0. The van der Waals surface area contributed by atoms with E-state index in [9.17, 15) is 0 Å². The van der Waals surface area contributed by atoms with Gasteiger partial charge < -0.3 is 0 Å². The van der Waals surface area contributed by atoms with Crippen molar-refractivity contribution in [2.24, 2.45) is 0 Å². The van der Waals surface area contributed by atoms with Gasteiger partial charge in [0.05, 0.1) is 0 Å². The highest BCUT2D eigenvalue weighted by Crippen LogP contribution is 2.27. The Hall–Kier alpha value is 0.580. The minimum atomic E-state index is 0.363. The molecule has 1 fully saturated rings. The summed E-state index contributed by atoms with van der Waals surface area (Å²) < 4.78 is 0. The van der Waals surface area contributed by atoms with Crippen LogP contribution >= 0.6 is 23.2 Å². The van der Waals surface area contributed by atoms with Crippen LogP contribution in [0.15, 0.2) is 0 Å². The summed E-state index contributed by atoms with van der Waals surface area (Å²) in [4.78, 5) is 0. The third kappa shape index (κ3) is 1.50. The van der Waals surface area contributed by atoms with Crippen LogP contribution in [0.25, 0.3) is 0 Å². The van der Waals surface area contributed by atoms with E-state index >= 15 is 0 Å². The summed E-state index contributed by atoms with van der Waals surface area (Å²) in [6, 6.07) is 0. The third-order valence-corrected chi connectivity index (χ3v) is 2.10. The van der Waals surface area contributed by atoms with Crippen LogP contribution in [0, 0.1) is 0 Å². The first-order valence-corrected chi connectivity index (χ1v) is 3.44. The van der Waals surface area contributed by atoms with Crippen LogP contribution in [-0.2, 0) is 0 Å². The molecule has 0 aliphatic heterocycles. The van der Waals surface area contributed by atoms with E-state index in [4.69, 9.17) is 23.2 Å². The van der Waals surface area contributed by atoms with Gasteiger partial charge in [-0.2, -0.15) is 0 Å². The summed E-state index contributed by atoms with van der Waals surface area (Å²) in [5.74, 6) is 0.